The van der Waals surface area contributed by atoms with Crippen LogP contribution in [0, 0.1) is 11.1 Å². The van der Waals surface area contributed by atoms with E-state index in [0.29, 0.717) is 33.1 Å². The van der Waals surface area contributed by atoms with E-state index in [-0.39, 0.29) is 31.0 Å². The van der Waals surface area contributed by atoms with Crippen molar-refractivity contribution in [2.24, 2.45) is 5.92 Å². The summed E-state index contributed by atoms with van der Waals surface area (Å²) in [6, 6.07) is 23.2. The van der Waals surface area contributed by atoms with Crippen LogP contribution in [0.2, 0.25) is 0 Å². The van der Waals surface area contributed by atoms with E-state index in [1.165, 1.54) is 4.90 Å². The Morgan fingerprint density at radius 3 is 2.31 bits per heavy atom. The Bertz CT molecular complexity index is 1530. The second-order valence-corrected chi connectivity index (χ2v) is 11.7. The van der Waals surface area contributed by atoms with Gasteiger partial charge in [0.15, 0.2) is 0 Å². The second-order valence-electron chi connectivity index (χ2n) is 11.7. The fourth-order valence-electron chi connectivity index (χ4n) is 6.17. The van der Waals surface area contributed by atoms with Gasteiger partial charge in [-0.1, -0.05) is 61.7 Å². The largest absolute Gasteiger partial charge is 0.622 e. The number of hydrogen-bond donors (Lipinski definition) is 1. The van der Waals surface area contributed by atoms with Crippen molar-refractivity contribution in [3.05, 3.63) is 95.2 Å². The van der Waals surface area contributed by atoms with Gasteiger partial charge < -0.3 is 19.6 Å². The molecule has 0 aromatic heterocycles. The number of hydroxylamine groups is 1. The fourth-order valence-corrected chi connectivity index (χ4v) is 6.17. The molecule has 3 aromatic carbocycles. The monoisotopic (exact) mass is 612 g/mol. The van der Waals surface area contributed by atoms with Gasteiger partial charge in [0.2, 0.25) is 11.6 Å². The molecule has 0 saturated heterocycles. The van der Waals surface area contributed by atoms with Gasteiger partial charge in [-0.2, -0.15) is 4.74 Å². The minimum Gasteiger partial charge on any atom is -0.622 e. The summed E-state index contributed by atoms with van der Waals surface area (Å²) in [4.78, 5) is 44.3. The van der Waals surface area contributed by atoms with Crippen LogP contribution in [-0.2, 0) is 20.9 Å². The molecule has 236 valence electrons. The van der Waals surface area contributed by atoms with Crippen LogP contribution >= 0.6 is 0 Å². The summed E-state index contributed by atoms with van der Waals surface area (Å²) < 4.78 is 11.3. The Kier molecular flexibility index (Phi) is 10.0. The molecule has 1 unspecified atom stereocenters. The van der Waals surface area contributed by atoms with Crippen molar-refractivity contribution in [1.82, 2.24) is 5.32 Å². The molecule has 10 heteroatoms. The molecule has 5 rings (SSSR count). The van der Waals surface area contributed by atoms with E-state index in [0.717, 1.165) is 37.7 Å². The lowest BCUT2D eigenvalue weighted by Gasteiger charge is -2.31. The number of nitrogens with zero attached hydrogens (tertiary/aromatic N) is 3. The van der Waals surface area contributed by atoms with E-state index < -0.39 is 18.2 Å². The third-order valence-electron chi connectivity index (χ3n) is 8.33. The lowest BCUT2D eigenvalue weighted by molar-refractivity contribution is -0.492. The lowest BCUT2D eigenvalue weighted by atomic mass is 9.82. The Morgan fingerprint density at radius 1 is 0.978 bits per heavy atom. The molecule has 0 radical (unpaired) electrons. The SMILES string of the molecule is COc1ccc(N(C(=O)CN2C(=O)C(NC(=O)OCc3ccccc3)[N+]([O-])=C(C3CCCCC3)c3ccccc32)C(C)C)cc1. The topological polar surface area (TPSA) is 114 Å². The molecule has 0 bridgehead atoms. The van der Waals surface area contributed by atoms with Gasteiger partial charge in [0.1, 0.15) is 18.9 Å². The lowest BCUT2D eigenvalue weighted by Crippen LogP contribution is -2.55. The average Bonchev–Trinajstić information content (AvgIpc) is 3.14. The molecule has 0 spiro atoms. The molecule has 1 fully saturated rings. The van der Waals surface area contributed by atoms with Crippen molar-refractivity contribution in [2.75, 3.05) is 23.5 Å². The zero-order chi connectivity index (χ0) is 31.9. The Hall–Kier alpha value is -4.86. The van der Waals surface area contributed by atoms with Crippen LogP contribution in [0.25, 0.3) is 0 Å². The number of benzene rings is 3. The van der Waals surface area contributed by atoms with Crippen molar-refractivity contribution in [2.45, 2.75) is 64.8 Å². The quantitative estimate of drug-likeness (QED) is 0.248. The highest BCUT2D eigenvalue weighted by atomic mass is 16.6. The summed E-state index contributed by atoms with van der Waals surface area (Å²) in [6.07, 6.45) is 2.05. The van der Waals surface area contributed by atoms with Gasteiger partial charge in [0, 0.05) is 17.6 Å². The van der Waals surface area contributed by atoms with Crippen molar-refractivity contribution in [3.8, 4) is 5.75 Å². The number of fused-ring (bicyclic) bond motifs is 1. The summed E-state index contributed by atoms with van der Waals surface area (Å²) in [5.74, 6) is -0.508. The number of hydrogen-bond acceptors (Lipinski definition) is 6. The molecule has 3 aromatic rings. The first-order chi connectivity index (χ1) is 21.8. The second kappa shape index (κ2) is 14.3. The van der Waals surface area contributed by atoms with E-state index in [9.17, 15) is 19.6 Å². The number of ether oxygens (including phenoxy) is 2. The van der Waals surface area contributed by atoms with E-state index in [1.807, 2.05) is 56.3 Å². The number of para-hydroxylation sites is 1. The van der Waals surface area contributed by atoms with Gasteiger partial charge in [0.05, 0.1) is 18.4 Å². The molecule has 1 aliphatic carbocycles. The molecular weight excluding hydrogens is 572 g/mol. The maximum atomic E-state index is 14.3. The standard InChI is InChI=1S/C35H40N4O6/c1-24(2)38(27-18-20-28(44-3)21-19-27)31(40)22-37-30-17-11-10-16-29(30)32(26-14-8-5-9-15-26)39(43)33(34(37)41)36-35(42)45-23-25-12-6-4-7-13-25/h4,6-7,10-13,16-21,24,26,33H,5,8-9,14-15,22-23H2,1-3H3,(H,36,42). The van der Waals surface area contributed by atoms with Gasteiger partial charge in [0.25, 0.3) is 0 Å². The summed E-state index contributed by atoms with van der Waals surface area (Å²) >= 11 is 0. The van der Waals surface area contributed by atoms with Crippen LogP contribution in [0.4, 0.5) is 16.2 Å². The predicted molar refractivity (Wildman–Crippen MR) is 172 cm³/mol. The van der Waals surface area contributed by atoms with Gasteiger partial charge >= 0.3 is 18.2 Å². The molecule has 3 amide bonds. The summed E-state index contributed by atoms with van der Waals surface area (Å²) in [7, 11) is 1.57. The molecule has 1 aliphatic heterocycles. The van der Waals surface area contributed by atoms with Crippen molar-refractivity contribution in [3.63, 3.8) is 0 Å². The van der Waals surface area contributed by atoms with E-state index in [2.05, 4.69) is 5.32 Å². The number of methoxy groups -OCH3 is 1. The van der Waals surface area contributed by atoms with E-state index in [1.54, 1.807) is 48.4 Å². The van der Waals surface area contributed by atoms with Crippen LogP contribution < -0.4 is 19.9 Å². The minimum atomic E-state index is -1.63. The molecule has 10 nitrogen and oxygen atoms in total. The number of carbonyl (C=O) groups excluding carboxylic acids is 3. The molecule has 1 heterocycles. The summed E-state index contributed by atoms with van der Waals surface area (Å²) in [5, 5.41) is 16.8. The van der Waals surface area contributed by atoms with E-state index >= 15 is 0 Å². The van der Waals surface area contributed by atoms with Gasteiger partial charge in [-0.05, 0) is 68.7 Å². The van der Waals surface area contributed by atoms with Crippen molar-refractivity contribution in [1.29, 1.82) is 0 Å². The van der Waals surface area contributed by atoms with Crippen molar-refractivity contribution >= 4 is 35.0 Å². The zero-order valence-corrected chi connectivity index (χ0v) is 26.0. The molecule has 2 aliphatic rings. The molecule has 1 N–H and O–H groups in total. The predicted octanol–water partition coefficient (Wildman–Crippen LogP) is 5.62. The maximum absolute atomic E-state index is 14.3. The van der Waals surface area contributed by atoms with Crippen molar-refractivity contribution < 1.29 is 28.6 Å². The van der Waals surface area contributed by atoms with E-state index in [4.69, 9.17) is 9.47 Å². The van der Waals surface area contributed by atoms with Crippen LogP contribution in [0.1, 0.15) is 57.1 Å². The molecule has 1 saturated carbocycles. The third kappa shape index (κ3) is 7.11. The number of nitrogens with one attached hydrogen (secondary N) is 1. The normalized spacial score (nSPS) is 17.0. The van der Waals surface area contributed by atoms with Gasteiger partial charge in [-0.3, -0.25) is 19.8 Å². The van der Waals surface area contributed by atoms with Gasteiger partial charge in [-0.15, -0.1) is 0 Å². The highest BCUT2D eigenvalue weighted by Crippen LogP contribution is 2.34. The first kappa shape index (κ1) is 31.6. The number of anilines is 2. The molecular formula is C35H40N4O6. The smallest absolute Gasteiger partial charge is 0.412 e. The number of alkyl carbamates (subject to hydrolysis) is 1. The highest BCUT2D eigenvalue weighted by molar-refractivity contribution is 6.13. The summed E-state index contributed by atoms with van der Waals surface area (Å²) in [5.41, 5.74) is 2.89. The number of amides is 3. The maximum Gasteiger partial charge on any atom is 0.412 e. The first-order valence-corrected chi connectivity index (χ1v) is 15.5. The first-order valence-electron chi connectivity index (χ1n) is 15.5. The molecule has 1 atom stereocenters. The van der Waals surface area contributed by atoms with Crippen LogP contribution in [0.3, 0.4) is 0 Å². The molecule has 45 heavy (non-hydrogen) atoms. The average molecular weight is 613 g/mol. The fraction of sp³-hybridized carbons (Fsp3) is 0.371. The van der Waals surface area contributed by atoms with Crippen LogP contribution in [0.5, 0.6) is 5.75 Å². The van der Waals surface area contributed by atoms with Crippen LogP contribution in [0.15, 0.2) is 78.9 Å². The number of carbonyl (C=O) groups is 3. The minimum absolute atomic E-state index is 0.0285. The van der Waals surface area contributed by atoms with Crippen LogP contribution in [-0.4, -0.2) is 54.2 Å². The van der Waals surface area contributed by atoms with Gasteiger partial charge in [-0.25, -0.2) is 4.79 Å². The highest BCUT2D eigenvalue weighted by Gasteiger charge is 2.44. The Morgan fingerprint density at radius 2 is 1.64 bits per heavy atom. The third-order valence-corrected chi connectivity index (χ3v) is 8.33. The summed E-state index contributed by atoms with van der Waals surface area (Å²) in [6.45, 7) is 3.41. The number of benzodiazepines with no additional fused rings is 1. The number of rotatable bonds is 9. The Balaban J connectivity index is 1.50. The Labute approximate surface area is 263 Å². The zero-order valence-electron chi connectivity index (χ0n) is 26.0.